The first-order valence-corrected chi connectivity index (χ1v) is 10.1. The van der Waals surface area contributed by atoms with E-state index in [0.717, 1.165) is 48.6 Å². The van der Waals surface area contributed by atoms with Gasteiger partial charge in [-0.05, 0) is 45.4 Å². The number of hydrogen-bond acceptors (Lipinski definition) is 6. The fourth-order valence-electron chi connectivity index (χ4n) is 4.14. The first kappa shape index (κ1) is 19.2. The Balaban J connectivity index is 2.04. The van der Waals surface area contributed by atoms with Crippen LogP contribution in [0, 0.1) is 18.3 Å². The third-order valence-corrected chi connectivity index (χ3v) is 5.89. The average molecular weight is 390 g/mol. The molecule has 1 aromatic carbocycles. The number of anilines is 2. The Morgan fingerprint density at radius 2 is 2.03 bits per heavy atom. The van der Waals surface area contributed by atoms with Gasteiger partial charge in [-0.2, -0.15) is 14.8 Å². The lowest BCUT2D eigenvalue weighted by atomic mass is 9.97. The summed E-state index contributed by atoms with van der Waals surface area (Å²) in [6.07, 6.45) is 1.03. The lowest BCUT2D eigenvalue weighted by Crippen LogP contribution is -2.42. The Morgan fingerprint density at radius 1 is 1.28 bits per heavy atom. The van der Waals surface area contributed by atoms with Gasteiger partial charge < -0.3 is 15.5 Å². The highest BCUT2D eigenvalue weighted by atomic mass is 15.4. The molecule has 7 heteroatoms. The van der Waals surface area contributed by atoms with Crippen molar-refractivity contribution in [1.82, 2.24) is 19.9 Å². The van der Waals surface area contributed by atoms with E-state index in [4.69, 9.17) is 5.10 Å². The van der Waals surface area contributed by atoms with Crippen molar-refractivity contribution in [3.63, 3.8) is 0 Å². The van der Waals surface area contributed by atoms with E-state index < -0.39 is 0 Å². The highest BCUT2D eigenvalue weighted by molar-refractivity contribution is 5.85. The van der Waals surface area contributed by atoms with Crippen molar-refractivity contribution in [2.24, 2.45) is 0 Å². The molecule has 4 rings (SSSR count). The van der Waals surface area contributed by atoms with Crippen molar-refractivity contribution in [3.8, 4) is 17.2 Å². The second-order valence-electron chi connectivity index (χ2n) is 7.86. The molecular formula is C22H27N7. The first-order valence-electron chi connectivity index (χ1n) is 10.1. The number of rotatable bonds is 5. The zero-order valence-corrected chi connectivity index (χ0v) is 17.5. The van der Waals surface area contributed by atoms with Gasteiger partial charge >= 0.3 is 0 Å². The van der Waals surface area contributed by atoms with Crippen molar-refractivity contribution in [2.75, 3.05) is 36.9 Å². The molecule has 1 atom stereocenters. The topological polar surface area (TPSA) is 81.3 Å². The molecule has 29 heavy (non-hydrogen) atoms. The number of nitrogens with one attached hydrogen (secondary N) is 2. The molecule has 0 saturated carbocycles. The van der Waals surface area contributed by atoms with E-state index in [1.54, 1.807) is 0 Å². The van der Waals surface area contributed by atoms with E-state index in [-0.39, 0.29) is 5.54 Å². The maximum atomic E-state index is 9.93. The predicted molar refractivity (Wildman–Crippen MR) is 116 cm³/mol. The standard InChI is InChI=1S/C22H27N7/c1-5-25-21-26-19-17(13-23)15(2)18(16-9-7-6-8-10-16)20(29(19)27-21)28-12-11-22(3,14-28)24-4/h6-10,24H,5,11-12,14H2,1-4H3,(H,25,27)/t22-/m0/s1. The van der Waals surface area contributed by atoms with Gasteiger partial charge in [-0.25, -0.2) is 0 Å². The summed E-state index contributed by atoms with van der Waals surface area (Å²) in [5, 5.41) is 21.3. The van der Waals surface area contributed by atoms with Crippen LogP contribution in [0.3, 0.4) is 0 Å². The van der Waals surface area contributed by atoms with E-state index in [2.05, 4.69) is 45.6 Å². The van der Waals surface area contributed by atoms with Gasteiger partial charge in [-0.3, -0.25) is 0 Å². The summed E-state index contributed by atoms with van der Waals surface area (Å²) in [4.78, 5) is 7.00. The third kappa shape index (κ3) is 3.19. The molecule has 0 amide bonds. The molecule has 7 nitrogen and oxygen atoms in total. The molecule has 0 radical (unpaired) electrons. The molecule has 0 spiro atoms. The summed E-state index contributed by atoms with van der Waals surface area (Å²) in [6.45, 7) is 8.76. The number of nitriles is 1. The van der Waals surface area contributed by atoms with Gasteiger partial charge in [0, 0.05) is 30.7 Å². The second kappa shape index (κ2) is 7.37. The monoisotopic (exact) mass is 389 g/mol. The SMILES string of the molecule is CCNc1nc2c(C#N)c(C)c(-c3ccccc3)c(N3CC[C@](C)(NC)C3)n2n1. The minimum absolute atomic E-state index is 0.0349. The smallest absolute Gasteiger partial charge is 0.243 e. The van der Waals surface area contributed by atoms with Crippen LogP contribution in [0.2, 0.25) is 0 Å². The molecule has 150 valence electrons. The molecule has 0 unspecified atom stereocenters. The molecule has 3 heterocycles. The van der Waals surface area contributed by atoms with Gasteiger partial charge in [0.05, 0.1) is 0 Å². The Bertz CT molecular complexity index is 1080. The average Bonchev–Trinajstić information content (AvgIpc) is 3.32. The summed E-state index contributed by atoms with van der Waals surface area (Å²) in [7, 11) is 2.01. The number of aromatic nitrogens is 3. The van der Waals surface area contributed by atoms with E-state index >= 15 is 0 Å². The first-order chi connectivity index (χ1) is 14.0. The molecule has 1 aliphatic heterocycles. The van der Waals surface area contributed by atoms with Gasteiger partial charge in [-0.1, -0.05) is 30.3 Å². The molecule has 0 bridgehead atoms. The number of hydrogen-bond donors (Lipinski definition) is 2. The molecule has 1 aliphatic rings. The number of nitrogens with zero attached hydrogens (tertiary/aromatic N) is 5. The van der Waals surface area contributed by atoms with Crippen LogP contribution in [-0.4, -0.2) is 46.8 Å². The summed E-state index contributed by atoms with van der Waals surface area (Å²) < 4.78 is 1.85. The fraction of sp³-hybridized carbons (Fsp3) is 0.409. The van der Waals surface area contributed by atoms with E-state index in [0.29, 0.717) is 17.2 Å². The Hall–Kier alpha value is -3.11. The lowest BCUT2D eigenvalue weighted by Gasteiger charge is -2.27. The Labute approximate surface area is 171 Å². The quantitative estimate of drug-likeness (QED) is 0.697. The summed E-state index contributed by atoms with van der Waals surface area (Å²) in [5.41, 5.74) is 4.27. The van der Waals surface area contributed by atoms with Crippen molar-refractivity contribution in [1.29, 1.82) is 5.26 Å². The highest BCUT2D eigenvalue weighted by Crippen LogP contribution is 2.39. The molecule has 1 fully saturated rings. The van der Waals surface area contributed by atoms with Crippen LogP contribution in [0.4, 0.5) is 11.8 Å². The predicted octanol–water partition coefficient (Wildman–Crippen LogP) is 3.20. The Kier molecular flexibility index (Phi) is 4.89. The van der Waals surface area contributed by atoms with Gasteiger partial charge in [-0.15, -0.1) is 5.10 Å². The summed E-state index contributed by atoms with van der Waals surface area (Å²) in [5.74, 6) is 1.55. The highest BCUT2D eigenvalue weighted by Gasteiger charge is 2.36. The van der Waals surface area contributed by atoms with Crippen LogP contribution in [0.25, 0.3) is 16.8 Å². The van der Waals surface area contributed by atoms with E-state index in [1.807, 2.05) is 43.6 Å². The number of fused-ring (bicyclic) bond motifs is 1. The summed E-state index contributed by atoms with van der Waals surface area (Å²) >= 11 is 0. The summed E-state index contributed by atoms with van der Waals surface area (Å²) in [6, 6.07) is 12.6. The van der Waals surface area contributed by atoms with Gasteiger partial charge in [0.1, 0.15) is 17.5 Å². The van der Waals surface area contributed by atoms with E-state index in [1.165, 1.54) is 0 Å². The molecule has 0 aliphatic carbocycles. The number of likely N-dealkylation sites (N-methyl/N-ethyl adjacent to an activating group) is 1. The molecule has 1 saturated heterocycles. The van der Waals surface area contributed by atoms with Crippen LogP contribution in [0.1, 0.15) is 31.4 Å². The van der Waals surface area contributed by atoms with Crippen molar-refractivity contribution >= 4 is 17.4 Å². The van der Waals surface area contributed by atoms with Crippen LogP contribution < -0.4 is 15.5 Å². The maximum absolute atomic E-state index is 9.93. The molecule has 2 aromatic heterocycles. The van der Waals surface area contributed by atoms with Gasteiger partial charge in [0.15, 0.2) is 5.65 Å². The minimum Gasteiger partial charge on any atom is -0.354 e. The Morgan fingerprint density at radius 3 is 2.66 bits per heavy atom. The zero-order valence-electron chi connectivity index (χ0n) is 17.5. The van der Waals surface area contributed by atoms with Crippen LogP contribution >= 0.6 is 0 Å². The lowest BCUT2D eigenvalue weighted by molar-refractivity contribution is 0.428. The third-order valence-electron chi connectivity index (χ3n) is 5.89. The van der Waals surface area contributed by atoms with Crippen molar-refractivity contribution < 1.29 is 0 Å². The van der Waals surface area contributed by atoms with Crippen molar-refractivity contribution in [3.05, 3.63) is 41.5 Å². The van der Waals surface area contributed by atoms with Crippen molar-refractivity contribution in [2.45, 2.75) is 32.7 Å². The van der Waals surface area contributed by atoms with Gasteiger partial charge in [0.25, 0.3) is 0 Å². The normalized spacial score (nSPS) is 18.9. The second-order valence-corrected chi connectivity index (χ2v) is 7.86. The minimum atomic E-state index is 0.0349. The molecular weight excluding hydrogens is 362 g/mol. The van der Waals surface area contributed by atoms with Crippen LogP contribution in [0.15, 0.2) is 30.3 Å². The van der Waals surface area contributed by atoms with Gasteiger partial charge in [0.2, 0.25) is 5.95 Å². The molecule has 2 N–H and O–H groups in total. The van der Waals surface area contributed by atoms with Crippen LogP contribution in [0.5, 0.6) is 0 Å². The van der Waals surface area contributed by atoms with E-state index in [9.17, 15) is 5.26 Å². The largest absolute Gasteiger partial charge is 0.354 e. The number of benzene rings is 1. The number of pyridine rings is 1. The van der Waals surface area contributed by atoms with Crippen LogP contribution in [-0.2, 0) is 0 Å². The zero-order chi connectivity index (χ0) is 20.6. The molecule has 3 aromatic rings. The maximum Gasteiger partial charge on any atom is 0.243 e. The fourth-order valence-corrected chi connectivity index (χ4v) is 4.14.